The number of amides is 1. The van der Waals surface area contributed by atoms with E-state index < -0.39 is 69.4 Å². The summed E-state index contributed by atoms with van der Waals surface area (Å²) in [6.07, 6.45) is 0.0863. The van der Waals surface area contributed by atoms with Crippen LogP contribution < -0.4 is 0 Å². The highest BCUT2D eigenvalue weighted by atomic mass is 79.9. The van der Waals surface area contributed by atoms with Crippen molar-refractivity contribution < 1.29 is 36.3 Å². The van der Waals surface area contributed by atoms with Crippen molar-refractivity contribution in [3.05, 3.63) is 34.6 Å². The van der Waals surface area contributed by atoms with Gasteiger partial charge in [-0.2, -0.15) is 0 Å². The Morgan fingerprint density at radius 3 is 2.07 bits per heavy atom. The third-order valence-electron chi connectivity index (χ3n) is 4.17. The monoisotopic (exact) mass is 471 g/mol. The molecular weight excluding hydrogens is 453 g/mol. The number of likely N-dealkylation sites (tertiary alicyclic amines) is 1. The molecule has 0 saturated carbocycles. The molecule has 4 nitrogen and oxygen atoms in total. The zero-order valence-electron chi connectivity index (χ0n) is 15.4. The molecule has 0 N–H and O–H groups in total. The van der Waals surface area contributed by atoms with E-state index in [1.165, 1.54) is 4.90 Å². The number of hydrogen-bond acceptors (Lipinski definition) is 3. The average molecular weight is 472 g/mol. The van der Waals surface area contributed by atoms with Gasteiger partial charge >= 0.3 is 5.97 Å². The number of halogens is 6. The predicted octanol–water partition coefficient (Wildman–Crippen LogP) is 4.02. The number of esters is 1. The number of carbonyl (C=O) groups excluding carboxylic acids is 2. The molecular formula is C18H19BrF5NO3. The quantitative estimate of drug-likeness (QED) is 0.219. The first kappa shape index (κ1) is 22.6. The highest BCUT2D eigenvalue weighted by Crippen LogP contribution is 2.28. The summed E-state index contributed by atoms with van der Waals surface area (Å²) >= 11 is 2.95. The van der Waals surface area contributed by atoms with Crippen LogP contribution in [-0.4, -0.2) is 39.8 Å². The van der Waals surface area contributed by atoms with Crippen LogP contribution in [0.2, 0.25) is 0 Å². The lowest BCUT2D eigenvalue weighted by atomic mass is 10.1. The molecule has 1 aliphatic heterocycles. The van der Waals surface area contributed by atoms with E-state index in [1.54, 1.807) is 20.8 Å². The Hall–Kier alpha value is -1.71. The number of ether oxygens (including phenoxy) is 1. The van der Waals surface area contributed by atoms with Crippen molar-refractivity contribution in [1.29, 1.82) is 0 Å². The van der Waals surface area contributed by atoms with Crippen LogP contribution in [0.4, 0.5) is 22.0 Å². The highest BCUT2D eigenvalue weighted by Gasteiger charge is 2.39. The van der Waals surface area contributed by atoms with Crippen LogP contribution in [0.25, 0.3) is 0 Å². The van der Waals surface area contributed by atoms with Gasteiger partial charge in [-0.3, -0.25) is 4.79 Å². The second kappa shape index (κ2) is 8.34. The molecule has 2 atom stereocenters. The van der Waals surface area contributed by atoms with Gasteiger partial charge in [0.2, 0.25) is 11.7 Å². The molecule has 1 aromatic carbocycles. The van der Waals surface area contributed by atoms with Crippen LogP contribution in [0.15, 0.2) is 0 Å². The Kier molecular flexibility index (Phi) is 6.73. The number of carbonyl (C=O) groups is 2. The van der Waals surface area contributed by atoms with E-state index >= 15 is 0 Å². The smallest absolute Gasteiger partial charge is 0.329 e. The molecule has 0 aliphatic carbocycles. The van der Waals surface area contributed by atoms with E-state index in [4.69, 9.17) is 4.74 Å². The summed E-state index contributed by atoms with van der Waals surface area (Å²) < 4.78 is 72.8. The fraction of sp³-hybridized carbons (Fsp3) is 0.556. The van der Waals surface area contributed by atoms with Gasteiger partial charge in [-0.05, 0) is 40.0 Å². The predicted molar refractivity (Wildman–Crippen MR) is 93.2 cm³/mol. The first-order valence-corrected chi connectivity index (χ1v) is 9.44. The van der Waals surface area contributed by atoms with Gasteiger partial charge in [-0.15, -0.1) is 0 Å². The largest absolute Gasteiger partial charge is 0.458 e. The number of rotatable bonds is 4. The van der Waals surface area contributed by atoms with Crippen molar-refractivity contribution in [2.75, 3.05) is 6.54 Å². The minimum Gasteiger partial charge on any atom is -0.458 e. The zero-order chi connectivity index (χ0) is 21.4. The third-order valence-corrected chi connectivity index (χ3v) is 4.88. The van der Waals surface area contributed by atoms with Gasteiger partial charge < -0.3 is 9.64 Å². The summed E-state index contributed by atoms with van der Waals surface area (Å²) in [4.78, 5) is 24.9. The molecule has 1 fully saturated rings. The molecule has 0 aromatic heterocycles. The minimum atomic E-state index is -2.26. The molecule has 0 spiro atoms. The lowest BCUT2D eigenvalue weighted by Crippen LogP contribution is -2.46. The topological polar surface area (TPSA) is 46.6 Å². The minimum absolute atomic E-state index is 0.210. The molecule has 10 heteroatoms. The Labute approximate surface area is 167 Å². The Bertz CT molecular complexity index is 767. The summed E-state index contributed by atoms with van der Waals surface area (Å²) in [5.41, 5.74) is -1.86. The highest BCUT2D eigenvalue weighted by molar-refractivity contribution is 9.10. The number of hydrogen-bond donors (Lipinski definition) is 0. The van der Waals surface area contributed by atoms with Crippen molar-refractivity contribution in [1.82, 2.24) is 4.90 Å². The normalized spacial score (nSPS) is 18.3. The maximum Gasteiger partial charge on any atom is 0.329 e. The van der Waals surface area contributed by atoms with E-state index in [0.717, 1.165) is 0 Å². The Morgan fingerprint density at radius 1 is 1.07 bits per heavy atom. The maximum atomic E-state index is 13.9. The van der Waals surface area contributed by atoms with Gasteiger partial charge in [0.25, 0.3) is 0 Å². The lowest BCUT2D eigenvalue weighted by Gasteiger charge is -2.28. The van der Waals surface area contributed by atoms with Crippen molar-refractivity contribution in [2.24, 2.45) is 0 Å². The summed E-state index contributed by atoms with van der Waals surface area (Å²) in [6.45, 7) is 5.22. The summed E-state index contributed by atoms with van der Waals surface area (Å²) in [6, 6.07) is -0.872. The van der Waals surface area contributed by atoms with E-state index in [1.807, 2.05) is 0 Å². The van der Waals surface area contributed by atoms with Crippen LogP contribution in [-0.2, 0) is 20.7 Å². The van der Waals surface area contributed by atoms with Crippen LogP contribution in [0.5, 0.6) is 0 Å². The third kappa shape index (κ3) is 4.64. The van der Waals surface area contributed by atoms with Gasteiger partial charge in [0.1, 0.15) is 11.6 Å². The molecule has 1 aromatic rings. The van der Waals surface area contributed by atoms with Crippen LogP contribution >= 0.6 is 15.9 Å². The molecule has 1 heterocycles. The van der Waals surface area contributed by atoms with E-state index in [2.05, 4.69) is 15.9 Å². The van der Waals surface area contributed by atoms with E-state index in [9.17, 15) is 31.5 Å². The fourth-order valence-corrected chi connectivity index (χ4v) is 3.51. The zero-order valence-corrected chi connectivity index (χ0v) is 17.0. The summed E-state index contributed by atoms with van der Waals surface area (Å²) in [5.74, 6) is -11.7. The average Bonchev–Trinajstić information content (AvgIpc) is 3.09. The molecule has 1 amide bonds. The van der Waals surface area contributed by atoms with Gasteiger partial charge in [-0.1, -0.05) is 15.9 Å². The lowest BCUT2D eigenvalue weighted by molar-refractivity contribution is -0.163. The second-order valence-corrected chi connectivity index (χ2v) is 8.55. The molecule has 28 heavy (non-hydrogen) atoms. The van der Waals surface area contributed by atoms with Crippen molar-refractivity contribution in [3.8, 4) is 0 Å². The first-order chi connectivity index (χ1) is 12.8. The van der Waals surface area contributed by atoms with Gasteiger partial charge in [0.05, 0.1) is 4.83 Å². The SMILES string of the molecule is CC(C)(C)OC(=O)[C@@H]1CCCN1C(=O)C(Br)Cc1c(F)c(F)c(F)c(F)c1F. The van der Waals surface area contributed by atoms with E-state index in [0.29, 0.717) is 12.8 Å². The Balaban J connectivity index is 2.20. The van der Waals surface area contributed by atoms with Crippen molar-refractivity contribution >= 4 is 27.8 Å². The van der Waals surface area contributed by atoms with Gasteiger partial charge in [-0.25, -0.2) is 26.7 Å². The molecule has 1 unspecified atom stereocenters. The summed E-state index contributed by atoms with van der Waals surface area (Å²) in [7, 11) is 0. The first-order valence-electron chi connectivity index (χ1n) is 8.53. The van der Waals surface area contributed by atoms with Crippen molar-refractivity contribution in [3.63, 3.8) is 0 Å². The number of alkyl halides is 1. The maximum absolute atomic E-state index is 13.9. The molecule has 1 aliphatic rings. The van der Waals surface area contributed by atoms with Crippen LogP contribution in [0, 0.1) is 29.1 Å². The van der Waals surface area contributed by atoms with Crippen LogP contribution in [0.3, 0.4) is 0 Å². The molecule has 156 valence electrons. The second-order valence-electron chi connectivity index (χ2n) is 7.44. The van der Waals surface area contributed by atoms with Gasteiger partial charge in [0, 0.05) is 12.1 Å². The summed E-state index contributed by atoms with van der Waals surface area (Å²) in [5, 5.41) is 0. The standard InChI is InChI=1S/C18H19BrF5NO3/c1-18(2,3)28-17(27)10-5-4-6-25(10)16(26)9(19)7-8-11(20)13(22)15(24)14(23)12(8)21/h9-10H,4-7H2,1-3H3/t9?,10-/m0/s1. The molecule has 1 saturated heterocycles. The molecule has 0 radical (unpaired) electrons. The van der Waals surface area contributed by atoms with E-state index in [-0.39, 0.29) is 6.54 Å². The molecule has 2 rings (SSSR count). The van der Waals surface area contributed by atoms with Crippen molar-refractivity contribution in [2.45, 2.75) is 56.5 Å². The fourth-order valence-electron chi connectivity index (χ4n) is 2.92. The Morgan fingerprint density at radius 2 is 1.57 bits per heavy atom. The number of benzene rings is 1. The molecule has 0 bridgehead atoms. The van der Waals surface area contributed by atoms with Crippen LogP contribution in [0.1, 0.15) is 39.2 Å². The number of nitrogens with zero attached hydrogens (tertiary/aromatic N) is 1. The van der Waals surface area contributed by atoms with Gasteiger partial charge in [0.15, 0.2) is 23.3 Å².